The quantitative estimate of drug-likeness (QED) is 0.194. The molecule has 0 radical (unpaired) electrons. The number of hydrogen-bond donors (Lipinski definition) is 5. The molecule has 0 saturated heterocycles. The highest BCUT2D eigenvalue weighted by Gasteiger charge is 2.30. The van der Waals surface area contributed by atoms with E-state index in [1.54, 1.807) is 46.8 Å². The first-order valence-electron chi connectivity index (χ1n) is 12.5. The number of nitrogens with one attached hydrogen (secondary N) is 4. The van der Waals surface area contributed by atoms with Crippen LogP contribution in [0.1, 0.15) is 58.6 Å². The molecule has 11 heteroatoms. The predicted octanol–water partition coefficient (Wildman–Crippen LogP) is 2.57. The fourth-order valence-corrected chi connectivity index (χ4v) is 3.37. The van der Waals surface area contributed by atoms with Crippen molar-refractivity contribution in [1.29, 1.82) is 0 Å². The lowest BCUT2D eigenvalue weighted by molar-refractivity contribution is -0.128. The largest absolute Gasteiger partial charge is 0.444 e. The van der Waals surface area contributed by atoms with Gasteiger partial charge in [-0.3, -0.25) is 9.59 Å². The number of hydrogen-bond acceptors (Lipinski definition) is 6. The van der Waals surface area contributed by atoms with E-state index >= 15 is 0 Å². The van der Waals surface area contributed by atoms with E-state index < -0.39 is 41.6 Å². The lowest BCUT2D eigenvalue weighted by Crippen LogP contribution is -2.55. The van der Waals surface area contributed by atoms with E-state index in [0.29, 0.717) is 12.1 Å². The minimum absolute atomic E-state index is 0.165. The third-order valence-corrected chi connectivity index (χ3v) is 5.28. The minimum Gasteiger partial charge on any atom is -0.444 e. The van der Waals surface area contributed by atoms with Crippen molar-refractivity contribution in [2.45, 2.75) is 78.7 Å². The predicted molar refractivity (Wildman–Crippen MR) is 145 cm³/mol. The Bertz CT molecular complexity index is 1010. The second kappa shape index (κ2) is 15.5. The number of ether oxygens (including phenoxy) is 2. The molecule has 0 spiro atoms. The first-order chi connectivity index (χ1) is 17.7. The number of aryl methyl sites for hydroxylation is 1. The summed E-state index contributed by atoms with van der Waals surface area (Å²) in [6.45, 7) is 11.3. The maximum atomic E-state index is 13.2. The molecular formula is C27H41N5O6. The average Bonchev–Trinajstić information content (AvgIpc) is 2.79. The van der Waals surface area contributed by atoms with Crippen LogP contribution >= 0.6 is 0 Å². The molecule has 0 saturated carbocycles. The standard InChI is InChI=1S/C27H41N5O6/c1-8-14-37-16-19-15-20(12-11-18(19)4)30-23(33)21(10-9-13-29-25(28)35)31-24(34)22(17(2)3)32-26(36)38-27(5,6)7/h1,11-12,15,17,21-22H,9-10,13-14,16H2,2-7H3,(H,30,33)(H,31,34)(H,32,36)(H3,28,29,35)/t21-,22-/m0/s1. The summed E-state index contributed by atoms with van der Waals surface area (Å²) in [7, 11) is 0. The Morgan fingerprint density at radius 3 is 2.37 bits per heavy atom. The second-order valence-corrected chi connectivity index (χ2v) is 10.2. The summed E-state index contributed by atoms with van der Waals surface area (Å²) in [4.78, 5) is 49.7. The van der Waals surface area contributed by atoms with Crippen LogP contribution in [0.4, 0.5) is 15.3 Å². The molecule has 0 fully saturated rings. The smallest absolute Gasteiger partial charge is 0.408 e. The second-order valence-electron chi connectivity index (χ2n) is 10.2. The van der Waals surface area contributed by atoms with Gasteiger partial charge in [0.15, 0.2) is 0 Å². The Kier molecular flexibility index (Phi) is 13.1. The zero-order chi connectivity index (χ0) is 28.9. The summed E-state index contributed by atoms with van der Waals surface area (Å²) in [5.41, 5.74) is 6.71. The van der Waals surface area contributed by atoms with Gasteiger partial charge < -0.3 is 36.5 Å². The first-order valence-corrected chi connectivity index (χ1v) is 12.5. The number of carbonyl (C=O) groups excluding carboxylic acids is 4. The molecule has 210 valence electrons. The number of terminal acetylenes is 1. The van der Waals surface area contributed by atoms with Crippen LogP contribution in [0.15, 0.2) is 18.2 Å². The van der Waals surface area contributed by atoms with Gasteiger partial charge in [0, 0.05) is 12.2 Å². The van der Waals surface area contributed by atoms with E-state index in [1.165, 1.54) is 0 Å². The molecule has 11 nitrogen and oxygen atoms in total. The number of nitrogens with two attached hydrogens (primary N) is 1. The van der Waals surface area contributed by atoms with Gasteiger partial charge in [0.1, 0.15) is 24.3 Å². The SMILES string of the molecule is C#CCOCc1cc(NC(=O)[C@H](CCCNC(N)=O)NC(=O)[C@@H](NC(=O)OC(C)(C)C)C(C)C)ccc1C. The summed E-state index contributed by atoms with van der Waals surface area (Å²) in [5, 5.41) is 10.6. The Morgan fingerprint density at radius 2 is 1.79 bits per heavy atom. The van der Waals surface area contributed by atoms with Gasteiger partial charge in [-0.05, 0) is 69.7 Å². The van der Waals surface area contributed by atoms with E-state index in [1.807, 2.05) is 13.0 Å². The van der Waals surface area contributed by atoms with Crippen molar-refractivity contribution in [3.8, 4) is 12.3 Å². The fraction of sp³-hybridized carbons (Fsp3) is 0.556. The number of primary amides is 1. The number of rotatable bonds is 13. The average molecular weight is 532 g/mol. The number of alkyl carbamates (subject to hydrolysis) is 1. The summed E-state index contributed by atoms with van der Waals surface area (Å²) < 4.78 is 10.7. The molecule has 5 amide bonds. The van der Waals surface area contributed by atoms with Crippen LogP contribution in [0.3, 0.4) is 0 Å². The molecule has 0 heterocycles. The van der Waals surface area contributed by atoms with E-state index in [-0.39, 0.29) is 32.1 Å². The number of carbonyl (C=O) groups is 4. The lowest BCUT2D eigenvalue weighted by Gasteiger charge is -2.27. The molecule has 0 unspecified atom stereocenters. The molecule has 1 aromatic rings. The van der Waals surface area contributed by atoms with Gasteiger partial charge in [-0.25, -0.2) is 9.59 Å². The summed E-state index contributed by atoms with van der Waals surface area (Å²) in [6.07, 6.45) is 5.07. The molecule has 0 bridgehead atoms. The van der Waals surface area contributed by atoms with Crippen LogP contribution in [-0.2, 0) is 25.7 Å². The monoisotopic (exact) mass is 531 g/mol. The Morgan fingerprint density at radius 1 is 1.11 bits per heavy atom. The number of benzene rings is 1. The van der Waals surface area contributed by atoms with Gasteiger partial charge in [0.2, 0.25) is 11.8 Å². The van der Waals surface area contributed by atoms with Gasteiger partial charge in [0.05, 0.1) is 6.61 Å². The highest BCUT2D eigenvalue weighted by molar-refractivity contribution is 5.98. The van der Waals surface area contributed by atoms with Crippen LogP contribution in [0.5, 0.6) is 0 Å². The van der Waals surface area contributed by atoms with Crippen LogP contribution in [-0.4, -0.2) is 54.8 Å². The van der Waals surface area contributed by atoms with Gasteiger partial charge in [-0.2, -0.15) is 0 Å². The molecule has 1 aromatic carbocycles. The van der Waals surface area contributed by atoms with Crippen molar-refractivity contribution in [3.05, 3.63) is 29.3 Å². The minimum atomic E-state index is -0.957. The molecule has 0 aromatic heterocycles. The molecular weight excluding hydrogens is 490 g/mol. The van der Waals surface area contributed by atoms with Gasteiger partial charge in [-0.15, -0.1) is 6.42 Å². The van der Waals surface area contributed by atoms with Crippen molar-refractivity contribution in [2.24, 2.45) is 11.7 Å². The van der Waals surface area contributed by atoms with Gasteiger partial charge in [0.25, 0.3) is 0 Å². The highest BCUT2D eigenvalue weighted by atomic mass is 16.6. The van der Waals surface area contributed by atoms with Crippen molar-refractivity contribution >= 4 is 29.6 Å². The van der Waals surface area contributed by atoms with E-state index in [4.69, 9.17) is 21.6 Å². The van der Waals surface area contributed by atoms with Crippen LogP contribution in [0, 0.1) is 25.2 Å². The Labute approximate surface area is 225 Å². The topological polar surface area (TPSA) is 161 Å². The molecule has 0 aliphatic heterocycles. The Balaban J connectivity index is 3.03. The lowest BCUT2D eigenvalue weighted by atomic mass is 10.0. The van der Waals surface area contributed by atoms with Crippen LogP contribution in [0.25, 0.3) is 0 Å². The van der Waals surface area contributed by atoms with E-state index in [9.17, 15) is 19.2 Å². The molecule has 6 N–H and O–H groups in total. The molecule has 0 aliphatic carbocycles. The number of anilines is 1. The molecule has 1 rings (SSSR count). The van der Waals surface area contributed by atoms with Gasteiger partial charge in [-0.1, -0.05) is 25.8 Å². The van der Waals surface area contributed by atoms with Crippen molar-refractivity contribution in [2.75, 3.05) is 18.5 Å². The molecule has 2 atom stereocenters. The summed E-state index contributed by atoms with van der Waals surface area (Å²) in [6, 6.07) is 2.78. The first kappa shape index (κ1) is 32.2. The maximum absolute atomic E-state index is 13.2. The fourth-order valence-electron chi connectivity index (χ4n) is 3.37. The zero-order valence-electron chi connectivity index (χ0n) is 23.1. The maximum Gasteiger partial charge on any atom is 0.408 e. The highest BCUT2D eigenvalue weighted by Crippen LogP contribution is 2.17. The summed E-state index contributed by atoms with van der Waals surface area (Å²) in [5.74, 6) is 1.12. The van der Waals surface area contributed by atoms with E-state index in [0.717, 1.165) is 11.1 Å². The van der Waals surface area contributed by atoms with Crippen molar-refractivity contribution in [3.63, 3.8) is 0 Å². The molecule has 38 heavy (non-hydrogen) atoms. The Hall–Kier alpha value is -3.78. The number of urea groups is 1. The van der Waals surface area contributed by atoms with Crippen molar-refractivity contribution < 1.29 is 28.7 Å². The zero-order valence-corrected chi connectivity index (χ0v) is 23.1. The normalized spacial score (nSPS) is 12.6. The number of amides is 5. The third kappa shape index (κ3) is 12.5. The molecule has 0 aliphatic rings. The van der Waals surface area contributed by atoms with Crippen LogP contribution in [0.2, 0.25) is 0 Å². The summed E-state index contributed by atoms with van der Waals surface area (Å²) >= 11 is 0. The third-order valence-electron chi connectivity index (χ3n) is 5.28. The van der Waals surface area contributed by atoms with Crippen LogP contribution < -0.4 is 27.0 Å². The van der Waals surface area contributed by atoms with Gasteiger partial charge >= 0.3 is 12.1 Å². The van der Waals surface area contributed by atoms with Crippen molar-refractivity contribution in [1.82, 2.24) is 16.0 Å². The van der Waals surface area contributed by atoms with E-state index in [2.05, 4.69) is 27.2 Å².